The maximum absolute atomic E-state index is 12.8. The normalized spacial score (nSPS) is 16.6. The topological polar surface area (TPSA) is 93.9 Å². The first-order chi connectivity index (χ1) is 13.1. The zero-order valence-electron chi connectivity index (χ0n) is 15.0. The average Bonchev–Trinajstić information content (AvgIpc) is 2.72. The summed E-state index contributed by atoms with van der Waals surface area (Å²) in [5.41, 5.74) is 0.852. The third kappa shape index (κ3) is 4.35. The Balaban J connectivity index is 1.72. The Morgan fingerprint density at radius 2 is 2.11 bits per heavy atom. The van der Waals surface area contributed by atoms with E-state index >= 15 is 0 Å². The molecule has 0 bridgehead atoms. The number of non-ortho nitro benzene ring substituents is 1. The predicted molar refractivity (Wildman–Crippen MR) is 98.9 cm³/mol. The summed E-state index contributed by atoms with van der Waals surface area (Å²) < 4.78 is 10.9. The smallest absolute Gasteiger partial charge is 0.273 e. The van der Waals surface area contributed by atoms with Gasteiger partial charge >= 0.3 is 0 Å². The molecular formula is C19H21N3O5. The Morgan fingerprint density at radius 3 is 2.89 bits per heavy atom. The summed E-state index contributed by atoms with van der Waals surface area (Å²) in [5.74, 6) is 0.837. The van der Waals surface area contributed by atoms with Crippen LogP contribution in [0.25, 0.3) is 0 Å². The second-order valence-electron chi connectivity index (χ2n) is 6.09. The number of methoxy groups -OCH3 is 1. The van der Waals surface area contributed by atoms with Crippen molar-refractivity contribution < 1.29 is 19.2 Å². The number of hydrogen-bond acceptors (Lipinski definition) is 6. The molecule has 0 radical (unpaired) electrons. The first-order valence-electron chi connectivity index (χ1n) is 8.60. The van der Waals surface area contributed by atoms with Gasteiger partial charge in [-0.05, 0) is 12.1 Å². The number of para-hydroxylation sites is 1. The SMILES string of the molecule is COc1ccccc1C1CNCCN1C(=O)COc1cccc([N+](=O)[O-])c1. The molecule has 0 spiro atoms. The molecule has 0 aliphatic carbocycles. The number of amides is 1. The predicted octanol–water partition coefficient (Wildman–Crippen LogP) is 2.16. The molecule has 1 heterocycles. The minimum Gasteiger partial charge on any atom is -0.496 e. The molecule has 1 fully saturated rings. The maximum atomic E-state index is 12.8. The van der Waals surface area contributed by atoms with E-state index in [2.05, 4.69) is 5.32 Å². The molecule has 1 aliphatic rings. The minimum absolute atomic E-state index is 0.0750. The van der Waals surface area contributed by atoms with E-state index in [4.69, 9.17) is 9.47 Å². The van der Waals surface area contributed by atoms with Crippen molar-refractivity contribution in [1.29, 1.82) is 0 Å². The summed E-state index contributed by atoms with van der Waals surface area (Å²) in [7, 11) is 1.60. The zero-order valence-corrected chi connectivity index (χ0v) is 15.0. The second kappa shape index (κ2) is 8.50. The lowest BCUT2D eigenvalue weighted by molar-refractivity contribution is -0.384. The number of nitro groups is 1. The van der Waals surface area contributed by atoms with Crippen molar-refractivity contribution in [2.75, 3.05) is 33.4 Å². The highest BCUT2D eigenvalue weighted by molar-refractivity contribution is 5.78. The van der Waals surface area contributed by atoms with Gasteiger partial charge in [-0.15, -0.1) is 0 Å². The largest absolute Gasteiger partial charge is 0.496 e. The first-order valence-corrected chi connectivity index (χ1v) is 8.60. The summed E-state index contributed by atoms with van der Waals surface area (Å²) in [4.78, 5) is 24.9. The second-order valence-corrected chi connectivity index (χ2v) is 6.09. The van der Waals surface area contributed by atoms with Crippen molar-refractivity contribution in [3.8, 4) is 11.5 Å². The molecule has 2 aromatic carbocycles. The quantitative estimate of drug-likeness (QED) is 0.618. The Kier molecular flexibility index (Phi) is 5.87. The van der Waals surface area contributed by atoms with Gasteiger partial charge in [0.15, 0.2) is 6.61 Å². The fourth-order valence-corrected chi connectivity index (χ4v) is 3.14. The van der Waals surface area contributed by atoms with Crippen LogP contribution in [-0.2, 0) is 4.79 Å². The molecule has 1 N–H and O–H groups in total. The molecule has 27 heavy (non-hydrogen) atoms. The number of nitrogens with zero attached hydrogens (tertiary/aromatic N) is 2. The van der Waals surface area contributed by atoms with Gasteiger partial charge in [0, 0.05) is 31.3 Å². The lowest BCUT2D eigenvalue weighted by Crippen LogP contribution is -2.50. The fourth-order valence-electron chi connectivity index (χ4n) is 3.14. The average molecular weight is 371 g/mol. The Hall–Kier alpha value is -3.13. The Bertz CT molecular complexity index is 826. The van der Waals surface area contributed by atoms with Gasteiger partial charge in [0.25, 0.3) is 11.6 Å². The van der Waals surface area contributed by atoms with E-state index in [9.17, 15) is 14.9 Å². The van der Waals surface area contributed by atoms with E-state index in [1.165, 1.54) is 18.2 Å². The number of benzene rings is 2. The maximum Gasteiger partial charge on any atom is 0.273 e. The lowest BCUT2D eigenvalue weighted by Gasteiger charge is -2.37. The van der Waals surface area contributed by atoms with Crippen LogP contribution < -0.4 is 14.8 Å². The number of nitrogens with one attached hydrogen (secondary N) is 1. The number of ether oxygens (including phenoxy) is 2. The van der Waals surface area contributed by atoms with E-state index in [1.807, 2.05) is 24.3 Å². The highest BCUT2D eigenvalue weighted by Crippen LogP contribution is 2.30. The molecule has 142 valence electrons. The lowest BCUT2D eigenvalue weighted by atomic mass is 10.0. The highest BCUT2D eigenvalue weighted by Gasteiger charge is 2.30. The van der Waals surface area contributed by atoms with Gasteiger partial charge in [-0.1, -0.05) is 24.3 Å². The molecule has 3 rings (SSSR count). The number of rotatable bonds is 6. The molecule has 2 aromatic rings. The minimum atomic E-state index is -0.497. The third-order valence-corrected chi connectivity index (χ3v) is 4.45. The van der Waals surface area contributed by atoms with Crippen LogP contribution in [0.4, 0.5) is 5.69 Å². The molecule has 1 amide bonds. The van der Waals surface area contributed by atoms with E-state index in [0.717, 1.165) is 11.3 Å². The van der Waals surface area contributed by atoms with Crippen LogP contribution in [-0.4, -0.2) is 49.1 Å². The van der Waals surface area contributed by atoms with Crippen LogP contribution in [0.2, 0.25) is 0 Å². The van der Waals surface area contributed by atoms with Gasteiger partial charge in [-0.25, -0.2) is 0 Å². The van der Waals surface area contributed by atoms with Crippen LogP contribution >= 0.6 is 0 Å². The fraction of sp³-hybridized carbons (Fsp3) is 0.316. The van der Waals surface area contributed by atoms with Gasteiger partial charge in [0.1, 0.15) is 11.5 Å². The van der Waals surface area contributed by atoms with E-state index in [-0.39, 0.29) is 24.2 Å². The number of hydrogen-bond donors (Lipinski definition) is 1. The molecule has 1 aliphatic heterocycles. The van der Waals surface area contributed by atoms with Gasteiger partial charge in [-0.3, -0.25) is 14.9 Å². The molecule has 1 unspecified atom stereocenters. The molecule has 0 saturated carbocycles. The van der Waals surface area contributed by atoms with Crippen molar-refractivity contribution in [3.63, 3.8) is 0 Å². The third-order valence-electron chi connectivity index (χ3n) is 4.45. The summed E-state index contributed by atoms with van der Waals surface area (Å²) in [6, 6.07) is 13.2. The van der Waals surface area contributed by atoms with Crippen LogP contribution in [0.5, 0.6) is 11.5 Å². The highest BCUT2D eigenvalue weighted by atomic mass is 16.6. The molecular weight excluding hydrogens is 350 g/mol. The first kappa shape index (κ1) is 18.7. The van der Waals surface area contributed by atoms with Gasteiger partial charge < -0.3 is 19.7 Å². The molecule has 1 atom stereocenters. The monoisotopic (exact) mass is 371 g/mol. The van der Waals surface area contributed by atoms with E-state index < -0.39 is 4.92 Å². The number of piperazine rings is 1. The Labute approximate surface area is 156 Å². The zero-order chi connectivity index (χ0) is 19.2. The van der Waals surface area contributed by atoms with Crippen LogP contribution in [0.3, 0.4) is 0 Å². The van der Waals surface area contributed by atoms with E-state index in [1.54, 1.807) is 18.1 Å². The van der Waals surface area contributed by atoms with Crippen LogP contribution in [0.1, 0.15) is 11.6 Å². The van der Waals surface area contributed by atoms with Crippen LogP contribution in [0, 0.1) is 10.1 Å². The van der Waals surface area contributed by atoms with Crippen molar-refractivity contribution >= 4 is 11.6 Å². The molecule has 8 heteroatoms. The standard InChI is InChI=1S/C19H21N3O5/c1-26-18-8-3-2-7-16(18)17-12-20-9-10-21(17)19(23)13-27-15-6-4-5-14(11-15)22(24)25/h2-8,11,17,20H,9-10,12-13H2,1H3. The summed E-state index contributed by atoms with van der Waals surface area (Å²) in [6.45, 7) is 1.66. The van der Waals surface area contributed by atoms with Crippen molar-refractivity contribution in [2.45, 2.75) is 6.04 Å². The van der Waals surface area contributed by atoms with Crippen molar-refractivity contribution in [3.05, 3.63) is 64.2 Å². The van der Waals surface area contributed by atoms with Gasteiger partial charge in [-0.2, -0.15) is 0 Å². The van der Waals surface area contributed by atoms with Gasteiger partial charge in [0.2, 0.25) is 0 Å². The molecule has 8 nitrogen and oxygen atoms in total. The molecule has 0 aromatic heterocycles. The van der Waals surface area contributed by atoms with Gasteiger partial charge in [0.05, 0.1) is 24.1 Å². The number of nitro benzene ring substituents is 1. The summed E-state index contributed by atoms with van der Waals surface area (Å²) in [5, 5.41) is 14.2. The number of carbonyl (C=O) groups is 1. The van der Waals surface area contributed by atoms with Crippen LogP contribution in [0.15, 0.2) is 48.5 Å². The summed E-state index contributed by atoms with van der Waals surface area (Å²) >= 11 is 0. The summed E-state index contributed by atoms with van der Waals surface area (Å²) in [6.07, 6.45) is 0. The van der Waals surface area contributed by atoms with Crippen molar-refractivity contribution in [1.82, 2.24) is 10.2 Å². The number of carbonyl (C=O) groups excluding carboxylic acids is 1. The van der Waals surface area contributed by atoms with E-state index in [0.29, 0.717) is 25.4 Å². The molecule has 1 saturated heterocycles. The Morgan fingerprint density at radius 1 is 1.30 bits per heavy atom. The van der Waals surface area contributed by atoms with Crippen molar-refractivity contribution in [2.24, 2.45) is 0 Å².